The zero-order chi connectivity index (χ0) is 19.9. The number of phenols is 1. The van der Waals surface area contributed by atoms with Crippen LogP contribution in [0.2, 0.25) is 0 Å². The SMILES string of the molecule is CNC(c1cc(C(C)C)c(O)cc1N)N(C)C1=CC=CN(C)C1.NC=S. The first-order valence-electron chi connectivity index (χ1n) is 8.52. The highest BCUT2D eigenvalue weighted by molar-refractivity contribution is 7.78. The molecule has 0 radical (unpaired) electrons. The van der Waals surface area contributed by atoms with E-state index in [1.807, 2.05) is 19.2 Å². The first kappa shape index (κ1) is 21.8. The van der Waals surface area contributed by atoms with Crippen LogP contribution < -0.4 is 16.8 Å². The molecule has 1 aliphatic heterocycles. The van der Waals surface area contributed by atoms with Crippen LogP contribution in [-0.4, -0.2) is 48.1 Å². The molecule has 26 heavy (non-hydrogen) atoms. The summed E-state index contributed by atoms with van der Waals surface area (Å²) in [5.41, 5.74) is 15.5. The molecule has 2 rings (SSSR count). The van der Waals surface area contributed by atoms with E-state index in [1.165, 1.54) is 5.70 Å². The van der Waals surface area contributed by atoms with Crippen molar-refractivity contribution in [2.75, 3.05) is 33.4 Å². The van der Waals surface area contributed by atoms with E-state index in [1.54, 1.807) is 6.07 Å². The van der Waals surface area contributed by atoms with Crippen LogP contribution in [-0.2, 0) is 0 Å². The van der Waals surface area contributed by atoms with Gasteiger partial charge < -0.3 is 26.4 Å². The molecule has 0 aromatic heterocycles. The van der Waals surface area contributed by atoms with Gasteiger partial charge in [-0.05, 0) is 42.9 Å². The van der Waals surface area contributed by atoms with Gasteiger partial charge in [0.15, 0.2) is 0 Å². The molecule has 0 fully saturated rings. The van der Waals surface area contributed by atoms with Crippen LogP contribution in [0.25, 0.3) is 0 Å². The minimum absolute atomic E-state index is 0.0563. The number of aromatic hydroxyl groups is 1. The summed E-state index contributed by atoms with van der Waals surface area (Å²) in [6.45, 7) is 4.98. The topological polar surface area (TPSA) is 90.8 Å². The summed E-state index contributed by atoms with van der Waals surface area (Å²) in [4.78, 5) is 4.32. The minimum atomic E-state index is -0.0563. The molecule has 1 atom stereocenters. The third-order valence-electron chi connectivity index (χ3n) is 4.30. The van der Waals surface area contributed by atoms with Crippen molar-refractivity contribution >= 4 is 23.4 Å². The summed E-state index contributed by atoms with van der Waals surface area (Å²) < 4.78 is 0. The summed E-state index contributed by atoms with van der Waals surface area (Å²) in [5, 5.41) is 13.5. The van der Waals surface area contributed by atoms with Crippen molar-refractivity contribution < 1.29 is 5.11 Å². The molecule has 0 aliphatic carbocycles. The van der Waals surface area contributed by atoms with E-state index in [0.717, 1.165) is 23.2 Å². The fraction of sp³-hybridized carbons (Fsp3) is 0.421. The second-order valence-corrected chi connectivity index (χ2v) is 6.82. The number of allylic oxidation sites excluding steroid dienone is 2. The van der Waals surface area contributed by atoms with Gasteiger partial charge in [-0.3, -0.25) is 5.32 Å². The number of phenolic OH excluding ortho intramolecular Hbond substituents is 1. The molecular formula is C19H31N5OS. The number of likely N-dealkylation sites (N-methyl/N-ethyl adjacent to an activating group) is 2. The predicted octanol–water partition coefficient (Wildman–Crippen LogP) is 2.49. The lowest BCUT2D eigenvalue weighted by atomic mass is 9.96. The Morgan fingerprint density at radius 2 is 1.96 bits per heavy atom. The Morgan fingerprint density at radius 1 is 1.35 bits per heavy atom. The number of hydrogen-bond donors (Lipinski definition) is 4. The number of nitrogens with zero attached hydrogens (tertiary/aromatic N) is 2. The van der Waals surface area contributed by atoms with Gasteiger partial charge in [-0.25, -0.2) is 0 Å². The molecule has 1 heterocycles. The molecule has 6 N–H and O–H groups in total. The fourth-order valence-corrected chi connectivity index (χ4v) is 2.95. The van der Waals surface area contributed by atoms with E-state index in [2.05, 4.69) is 73.3 Å². The van der Waals surface area contributed by atoms with Crippen molar-refractivity contribution in [3.05, 3.63) is 47.3 Å². The Balaban J connectivity index is 0.00000105. The van der Waals surface area contributed by atoms with E-state index < -0.39 is 0 Å². The maximum Gasteiger partial charge on any atom is 0.121 e. The number of benzene rings is 1. The van der Waals surface area contributed by atoms with Gasteiger partial charge in [-0.15, -0.1) is 0 Å². The van der Waals surface area contributed by atoms with Crippen molar-refractivity contribution in [1.82, 2.24) is 15.1 Å². The second kappa shape index (κ2) is 10.0. The maximum atomic E-state index is 10.1. The number of anilines is 1. The molecule has 1 aliphatic rings. The van der Waals surface area contributed by atoms with Crippen LogP contribution in [0.4, 0.5) is 5.69 Å². The Labute approximate surface area is 162 Å². The number of hydrogen-bond acceptors (Lipinski definition) is 6. The van der Waals surface area contributed by atoms with E-state index in [0.29, 0.717) is 5.69 Å². The van der Waals surface area contributed by atoms with Gasteiger partial charge in [0, 0.05) is 37.1 Å². The monoisotopic (exact) mass is 377 g/mol. The quantitative estimate of drug-likeness (QED) is 0.356. The van der Waals surface area contributed by atoms with Crippen LogP contribution in [0.1, 0.15) is 37.1 Å². The smallest absolute Gasteiger partial charge is 0.121 e. The molecule has 6 nitrogen and oxygen atoms in total. The molecule has 0 saturated heterocycles. The van der Waals surface area contributed by atoms with Crippen LogP contribution >= 0.6 is 12.2 Å². The number of thiocarbonyl (C=S) groups is 1. The molecule has 144 valence electrons. The average molecular weight is 378 g/mol. The highest BCUT2D eigenvalue weighted by Gasteiger charge is 2.22. The first-order chi connectivity index (χ1) is 12.3. The molecular weight excluding hydrogens is 346 g/mol. The fourth-order valence-electron chi connectivity index (χ4n) is 2.95. The zero-order valence-corrected chi connectivity index (χ0v) is 17.0. The Bertz CT molecular complexity index is 672. The summed E-state index contributed by atoms with van der Waals surface area (Å²) in [6, 6.07) is 3.67. The number of nitrogen functional groups attached to an aromatic ring is 1. The van der Waals surface area contributed by atoms with Crippen LogP contribution in [0.15, 0.2) is 36.2 Å². The number of nitrogens with one attached hydrogen (secondary N) is 1. The Kier molecular flexibility index (Phi) is 8.41. The van der Waals surface area contributed by atoms with E-state index >= 15 is 0 Å². The molecule has 1 aromatic carbocycles. The van der Waals surface area contributed by atoms with Gasteiger partial charge in [0.2, 0.25) is 0 Å². The molecule has 0 saturated carbocycles. The zero-order valence-electron chi connectivity index (χ0n) is 16.2. The largest absolute Gasteiger partial charge is 0.508 e. The molecule has 7 heteroatoms. The number of nitrogens with two attached hydrogens (primary N) is 2. The van der Waals surface area contributed by atoms with Crippen molar-refractivity contribution in [2.24, 2.45) is 5.73 Å². The van der Waals surface area contributed by atoms with E-state index in [-0.39, 0.29) is 17.8 Å². The number of rotatable bonds is 5. The lowest BCUT2D eigenvalue weighted by molar-refractivity contribution is 0.251. The third kappa shape index (κ3) is 5.37. The molecule has 0 bridgehead atoms. The second-order valence-electron chi connectivity index (χ2n) is 6.55. The maximum absolute atomic E-state index is 10.1. The highest BCUT2D eigenvalue weighted by Crippen LogP contribution is 2.34. The van der Waals surface area contributed by atoms with Gasteiger partial charge in [0.05, 0.1) is 12.0 Å². The van der Waals surface area contributed by atoms with Crippen LogP contribution in [0, 0.1) is 0 Å². The molecule has 0 spiro atoms. The molecule has 0 amide bonds. The lowest BCUT2D eigenvalue weighted by Crippen LogP contribution is -2.37. The van der Waals surface area contributed by atoms with Crippen LogP contribution in [0.5, 0.6) is 5.75 Å². The van der Waals surface area contributed by atoms with Crippen LogP contribution in [0.3, 0.4) is 0 Å². The van der Waals surface area contributed by atoms with Gasteiger partial charge in [0.1, 0.15) is 11.9 Å². The van der Waals surface area contributed by atoms with Crippen molar-refractivity contribution in [3.63, 3.8) is 0 Å². The summed E-state index contributed by atoms with van der Waals surface area (Å²) in [6.07, 6.45) is 6.16. The van der Waals surface area contributed by atoms with Gasteiger partial charge in [-0.1, -0.05) is 26.1 Å². The van der Waals surface area contributed by atoms with Crippen molar-refractivity contribution in [3.8, 4) is 5.75 Å². The van der Waals surface area contributed by atoms with Crippen molar-refractivity contribution in [1.29, 1.82) is 0 Å². The Hall–Kier alpha value is -2.25. The van der Waals surface area contributed by atoms with E-state index in [4.69, 9.17) is 5.73 Å². The molecule has 1 aromatic rings. The van der Waals surface area contributed by atoms with Crippen molar-refractivity contribution in [2.45, 2.75) is 25.9 Å². The van der Waals surface area contributed by atoms with Gasteiger partial charge in [0.25, 0.3) is 0 Å². The van der Waals surface area contributed by atoms with Gasteiger partial charge >= 0.3 is 0 Å². The first-order valence-corrected chi connectivity index (χ1v) is 8.99. The van der Waals surface area contributed by atoms with E-state index in [9.17, 15) is 5.11 Å². The normalized spacial score (nSPS) is 14.4. The highest BCUT2D eigenvalue weighted by atomic mass is 32.1. The standard InChI is InChI=1S/C18H28N4O.CH3NS/c1-12(2)14-9-15(16(19)10-17(14)23)18(20-3)22(5)13-7-6-8-21(4)11-13;2-1-3/h6-10,12,18,20,23H,11,19H2,1-5H3;1H,(H2,2,3). The lowest BCUT2D eigenvalue weighted by Gasteiger charge is -2.35. The Morgan fingerprint density at radius 3 is 2.46 bits per heavy atom. The predicted molar refractivity (Wildman–Crippen MR) is 114 cm³/mol. The summed E-state index contributed by atoms with van der Waals surface area (Å²) in [5.74, 6) is 0.499. The minimum Gasteiger partial charge on any atom is -0.508 e. The summed E-state index contributed by atoms with van der Waals surface area (Å²) in [7, 11) is 6.03. The molecule has 1 unspecified atom stereocenters. The summed E-state index contributed by atoms with van der Waals surface area (Å²) >= 11 is 4.05. The average Bonchev–Trinajstić information content (AvgIpc) is 2.57. The third-order valence-corrected chi connectivity index (χ3v) is 4.30. The van der Waals surface area contributed by atoms with Gasteiger partial charge in [-0.2, -0.15) is 0 Å².